The number of unbranched alkanes of at least 4 members (excludes halogenated alkanes) is 1. The quantitative estimate of drug-likeness (QED) is 0.457. The number of benzene rings is 2. The van der Waals surface area contributed by atoms with Crippen LogP contribution in [0.25, 0.3) is 0 Å². The second-order valence-electron chi connectivity index (χ2n) is 6.87. The van der Waals surface area contributed by atoms with E-state index in [1.54, 1.807) is 24.3 Å². The van der Waals surface area contributed by atoms with Crippen LogP contribution >= 0.6 is 12.2 Å². The van der Waals surface area contributed by atoms with Crippen molar-refractivity contribution in [1.82, 2.24) is 5.32 Å². The predicted octanol–water partition coefficient (Wildman–Crippen LogP) is 5.03. The van der Waals surface area contributed by atoms with Crippen molar-refractivity contribution in [2.24, 2.45) is 5.92 Å². The zero-order valence-electron chi connectivity index (χ0n) is 16.7. The third-order valence-corrected chi connectivity index (χ3v) is 3.99. The highest BCUT2D eigenvalue weighted by molar-refractivity contribution is 7.80. The molecular formula is C22H28N2O3S. The highest BCUT2D eigenvalue weighted by atomic mass is 32.1. The van der Waals surface area contributed by atoms with Gasteiger partial charge in [-0.2, -0.15) is 0 Å². The van der Waals surface area contributed by atoms with Crippen molar-refractivity contribution in [3.8, 4) is 11.5 Å². The standard InChI is InChI=1S/C22H28N2O3S/c1-4-5-13-26-20-8-6-7-18(14-20)23-22(28)24-21(25)17-9-11-19(12-10-17)27-15-16(2)3/h6-12,14,16H,4-5,13,15H2,1-3H3,(H2,23,24,25,28). The van der Waals surface area contributed by atoms with Gasteiger partial charge in [0, 0.05) is 17.3 Å². The molecule has 0 aromatic heterocycles. The van der Waals surface area contributed by atoms with Crippen molar-refractivity contribution in [2.75, 3.05) is 18.5 Å². The molecule has 0 atom stereocenters. The van der Waals surface area contributed by atoms with Gasteiger partial charge in [-0.15, -0.1) is 0 Å². The monoisotopic (exact) mass is 400 g/mol. The molecule has 0 fully saturated rings. The van der Waals surface area contributed by atoms with Crippen LogP contribution in [0.2, 0.25) is 0 Å². The van der Waals surface area contributed by atoms with Crippen LogP contribution in [0.3, 0.4) is 0 Å². The smallest absolute Gasteiger partial charge is 0.257 e. The zero-order valence-corrected chi connectivity index (χ0v) is 17.5. The van der Waals surface area contributed by atoms with Crippen molar-refractivity contribution in [3.05, 3.63) is 54.1 Å². The number of thiocarbonyl (C=S) groups is 1. The normalized spacial score (nSPS) is 10.4. The van der Waals surface area contributed by atoms with Gasteiger partial charge in [0.2, 0.25) is 0 Å². The fourth-order valence-electron chi connectivity index (χ4n) is 2.30. The lowest BCUT2D eigenvalue weighted by Gasteiger charge is -2.12. The van der Waals surface area contributed by atoms with E-state index in [-0.39, 0.29) is 11.0 Å². The van der Waals surface area contributed by atoms with E-state index in [4.69, 9.17) is 21.7 Å². The third-order valence-electron chi connectivity index (χ3n) is 3.79. The molecular weight excluding hydrogens is 372 g/mol. The fraction of sp³-hybridized carbons (Fsp3) is 0.364. The van der Waals surface area contributed by atoms with Gasteiger partial charge in [0.05, 0.1) is 13.2 Å². The molecule has 5 nitrogen and oxygen atoms in total. The van der Waals surface area contributed by atoms with Crippen molar-refractivity contribution < 1.29 is 14.3 Å². The van der Waals surface area contributed by atoms with E-state index in [1.807, 2.05) is 24.3 Å². The predicted molar refractivity (Wildman–Crippen MR) is 117 cm³/mol. The average Bonchev–Trinajstić information content (AvgIpc) is 2.67. The maximum absolute atomic E-state index is 12.4. The third kappa shape index (κ3) is 7.56. The molecule has 0 saturated heterocycles. The first-order valence-electron chi connectivity index (χ1n) is 9.56. The number of ether oxygens (including phenoxy) is 2. The summed E-state index contributed by atoms with van der Waals surface area (Å²) < 4.78 is 11.3. The Hall–Kier alpha value is -2.60. The van der Waals surface area contributed by atoms with E-state index in [9.17, 15) is 4.79 Å². The van der Waals surface area contributed by atoms with Crippen molar-refractivity contribution in [3.63, 3.8) is 0 Å². The van der Waals surface area contributed by atoms with Crippen LogP contribution in [0.5, 0.6) is 11.5 Å². The summed E-state index contributed by atoms with van der Waals surface area (Å²) in [7, 11) is 0. The van der Waals surface area contributed by atoms with Crippen LogP contribution in [0.4, 0.5) is 5.69 Å². The molecule has 0 bridgehead atoms. The molecule has 0 heterocycles. The minimum Gasteiger partial charge on any atom is -0.494 e. The van der Waals surface area contributed by atoms with Gasteiger partial charge >= 0.3 is 0 Å². The number of anilines is 1. The Labute approximate surface area is 172 Å². The van der Waals surface area contributed by atoms with Crippen molar-refractivity contribution in [2.45, 2.75) is 33.6 Å². The van der Waals surface area contributed by atoms with E-state index < -0.39 is 0 Å². The minimum absolute atomic E-state index is 0.232. The van der Waals surface area contributed by atoms with E-state index in [1.165, 1.54) is 0 Å². The number of hydrogen-bond donors (Lipinski definition) is 2. The topological polar surface area (TPSA) is 59.6 Å². The first kappa shape index (κ1) is 21.7. The number of amides is 1. The Morgan fingerprint density at radius 3 is 2.50 bits per heavy atom. The molecule has 2 rings (SSSR count). The van der Waals surface area contributed by atoms with Crippen LogP contribution in [0.1, 0.15) is 44.0 Å². The Bertz CT molecular complexity index is 776. The van der Waals surface area contributed by atoms with Crippen LogP contribution in [-0.2, 0) is 0 Å². The van der Waals surface area contributed by atoms with Crippen LogP contribution in [0, 0.1) is 5.92 Å². The van der Waals surface area contributed by atoms with Gasteiger partial charge in [-0.1, -0.05) is 33.3 Å². The highest BCUT2D eigenvalue weighted by Crippen LogP contribution is 2.18. The number of hydrogen-bond acceptors (Lipinski definition) is 4. The molecule has 2 aromatic carbocycles. The van der Waals surface area contributed by atoms with Crippen molar-refractivity contribution in [1.29, 1.82) is 0 Å². The first-order valence-corrected chi connectivity index (χ1v) is 9.96. The molecule has 150 valence electrons. The van der Waals surface area contributed by atoms with Gasteiger partial charge in [-0.05, 0) is 61.0 Å². The Morgan fingerprint density at radius 1 is 1.07 bits per heavy atom. The Kier molecular flexibility index (Phi) is 8.75. The van der Waals surface area contributed by atoms with Gasteiger partial charge < -0.3 is 14.8 Å². The lowest BCUT2D eigenvalue weighted by molar-refractivity contribution is 0.0977. The Balaban J connectivity index is 1.87. The number of rotatable bonds is 9. The molecule has 0 spiro atoms. The second kappa shape index (κ2) is 11.3. The molecule has 2 N–H and O–H groups in total. The summed E-state index contributed by atoms with van der Waals surface area (Å²) in [6, 6.07) is 14.5. The van der Waals surface area contributed by atoms with Gasteiger partial charge in [0.1, 0.15) is 11.5 Å². The lowest BCUT2D eigenvalue weighted by atomic mass is 10.2. The summed E-state index contributed by atoms with van der Waals surface area (Å²) >= 11 is 5.25. The summed E-state index contributed by atoms with van der Waals surface area (Å²) in [5, 5.41) is 5.93. The lowest BCUT2D eigenvalue weighted by Crippen LogP contribution is -2.34. The molecule has 0 radical (unpaired) electrons. The molecule has 0 aliphatic rings. The van der Waals surface area contributed by atoms with Gasteiger partial charge in [-0.25, -0.2) is 0 Å². The fourth-order valence-corrected chi connectivity index (χ4v) is 2.51. The summed E-state index contributed by atoms with van der Waals surface area (Å²) in [5.41, 5.74) is 1.27. The molecule has 0 aliphatic carbocycles. The van der Waals surface area contributed by atoms with Crippen LogP contribution in [-0.4, -0.2) is 24.2 Å². The van der Waals surface area contributed by atoms with Gasteiger partial charge in [-0.3, -0.25) is 10.1 Å². The molecule has 1 amide bonds. The maximum Gasteiger partial charge on any atom is 0.257 e. The molecule has 6 heteroatoms. The average molecular weight is 401 g/mol. The number of carbonyl (C=O) groups is 1. The maximum atomic E-state index is 12.4. The summed E-state index contributed by atoms with van der Waals surface area (Å²) in [4.78, 5) is 12.4. The van der Waals surface area contributed by atoms with Crippen LogP contribution < -0.4 is 20.1 Å². The van der Waals surface area contributed by atoms with Gasteiger partial charge in [0.15, 0.2) is 5.11 Å². The van der Waals surface area contributed by atoms with Crippen LogP contribution in [0.15, 0.2) is 48.5 Å². The van der Waals surface area contributed by atoms with E-state index in [0.717, 1.165) is 30.0 Å². The first-order chi connectivity index (χ1) is 13.5. The summed E-state index contributed by atoms with van der Waals surface area (Å²) in [5.74, 6) is 1.68. The van der Waals surface area contributed by atoms with E-state index in [0.29, 0.717) is 24.7 Å². The molecule has 0 saturated carbocycles. The Morgan fingerprint density at radius 2 is 1.82 bits per heavy atom. The molecule has 28 heavy (non-hydrogen) atoms. The number of nitrogens with one attached hydrogen (secondary N) is 2. The zero-order chi connectivity index (χ0) is 20.4. The SMILES string of the molecule is CCCCOc1cccc(NC(=S)NC(=O)c2ccc(OCC(C)C)cc2)c1. The summed E-state index contributed by atoms with van der Waals surface area (Å²) in [6.45, 7) is 7.61. The second-order valence-corrected chi connectivity index (χ2v) is 7.28. The number of carbonyl (C=O) groups excluding carboxylic acids is 1. The highest BCUT2D eigenvalue weighted by Gasteiger charge is 2.09. The molecule has 0 aliphatic heterocycles. The molecule has 0 unspecified atom stereocenters. The van der Waals surface area contributed by atoms with Gasteiger partial charge in [0.25, 0.3) is 5.91 Å². The van der Waals surface area contributed by atoms with Crippen molar-refractivity contribution >= 4 is 28.9 Å². The molecule has 2 aromatic rings. The largest absolute Gasteiger partial charge is 0.494 e. The minimum atomic E-state index is -0.275. The van der Waals surface area contributed by atoms with E-state index >= 15 is 0 Å². The summed E-state index contributed by atoms with van der Waals surface area (Å²) in [6.07, 6.45) is 2.09. The van der Waals surface area contributed by atoms with E-state index in [2.05, 4.69) is 31.4 Å².